The van der Waals surface area contributed by atoms with E-state index in [-0.39, 0.29) is 17.7 Å². The van der Waals surface area contributed by atoms with Crippen LogP contribution in [0.2, 0.25) is 0 Å². The Morgan fingerprint density at radius 1 is 1.25 bits per heavy atom. The normalized spacial score (nSPS) is 9.12. The van der Waals surface area contributed by atoms with E-state index < -0.39 is 17.4 Å². The molecule has 0 heterocycles. The van der Waals surface area contributed by atoms with Gasteiger partial charge < -0.3 is 4.74 Å². The van der Waals surface area contributed by atoms with Crippen LogP contribution in [0.5, 0.6) is 5.75 Å². The lowest BCUT2D eigenvalue weighted by Gasteiger charge is -2.05. The van der Waals surface area contributed by atoms with E-state index in [0.717, 1.165) is 0 Å². The van der Waals surface area contributed by atoms with Gasteiger partial charge in [0.2, 0.25) is 5.82 Å². The van der Waals surface area contributed by atoms with E-state index >= 15 is 0 Å². The minimum Gasteiger partial charge on any atom is -0.494 e. The molecule has 0 amide bonds. The quantitative estimate of drug-likeness (QED) is 0.742. The maximum Gasteiger partial charge on any atom is 0.201 e. The van der Waals surface area contributed by atoms with E-state index in [0.29, 0.717) is 0 Å². The van der Waals surface area contributed by atoms with Crippen molar-refractivity contribution in [1.29, 1.82) is 0 Å². The minimum atomic E-state index is -1.14. The van der Waals surface area contributed by atoms with Crippen molar-refractivity contribution in [2.24, 2.45) is 0 Å². The molecule has 0 aliphatic heterocycles. The van der Waals surface area contributed by atoms with Gasteiger partial charge in [0.15, 0.2) is 17.3 Å². The van der Waals surface area contributed by atoms with Crippen molar-refractivity contribution in [3.05, 3.63) is 29.3 Å². The number of ketones is 1. The van der Waals surface area contributed by atoms with E-state index in [4.69, 9.17) is 0 Å². The fourth-order valence-electron chi connectivity index (χ4n) is 1.10. The number of benzene rings is 1. The smallest absolute Gasteiger partial charge is 0.201 e. The van der Waals surface area contributed by atoms with Crippen molar-refractivity contribution in [3.8, 4) is 5.75 Å². The fraction of sp³-hybridized carbons (Fsp3) is 0.417. The van der Waals surface area contributed by atoms with Crippen molar-refractivity contribution in [1.82, 2.24) is 0 Å². The van der Waals surface area contributed by atoms with Gasteiger partial charge in [0, 0.05) is 6.42 Å². The monoisotopic (exact) mass is 230 g/mol. The molecular formula is C12H16F2O2. The summed E-state index contributed by atoms with van der Waals surface area (Å²) < 4.78 is 30.9. The van der Waals surface area contributed by atoms with Gasteiger partial charge in [-0.15, -0.1) is 0 Å². The summed E-state index contributed by atoms with van der Waals surface area (Å²) in [6.07, 6.45) is 0.142. The molecule has 1 aromatic carbocycles. The fourth-order valence-corrected chi connectivity index (χ4v) is 1.10. The predicted octanol–water partition coefficient (Wildman–Crippen LogP) is 3.59. The average molecular weight is 230 g/mol. The second kappa shape index (κ2) is 6.93. The third-order valence-electron chi connectivity index (χ3n) is 1.89. The molecule has 4 heteroatoms. The van der Waals surface area contributed by atoms with Gasteiger partial charge in [-0.1, -0.05) is 20.8 Å². The molecule has 0 unspecified atom stereocenters. The Morgan fingerprint density at radius 2 is 1.81 bits per heavy atom. The van der Waals surface area contributed by atoms with Crippen molar-refractivity contribution < 1.29 is 18.3 Å². The lowest BCUT2D eigenvalue weighted by atomic mass is 10.1. The molecule has 1 aromatic rings. The van der Waals surface area contributed by atoms with Gasteiger partial charge in [-0.3, -0.25) is 4.79 Å². The zero-order valence-corrected chi connectivity index (χ0v) is 9.93. The van der Waals surface area contributed by atoms with Crippen LogP contribution in [0.15, 0.2) is 12.1 Å². The Bertz CT molecular complexity index is 362. The van der Waals surface area contributed by atoms with Crippen LogP contribution in [0.25, 0.3) is 0 Å². The van der Waals surface area contributed by atoms with E-state index in [1.807, 2.05) is 13.8 Å². The highest BCUT2D eigenvalue weighted by molar-refractivity contribution is 5.96. The molecule has 0 saturated heterocycles. The number of rotatable bonds is 3. The van der Waals surface area contributed by atoms with Gasteiger partial charge in [-0.25, -0.2) is 4.39 Å². The summed E-state index contributed by atoms with van der Waals surface area (Å²) in [5.74, 6) is -2.89. The highest BCUT2D eigenvalue weighted by Crippen LogP contribution is 2.22. The second-order valence-corrected chi connectivity index (χ2v) is 2.72. The largest absolute Gasteiger partial charge is 0.494 e. The minimum absolute atomic E-state index is 0.142. The molecule has 90 valence electrons. The first-order valence-electron chi connectivity index (χ1n) is 5.17. The van der Waals surface area contributed by atoms with Gasteiger partial charge >= 0.3 is 0 Å². The van der Waals surface area contributed by atoms with Gasteiger partial charge in [0.25, 0.3) is 0 Å². The highest BCUT2D eigenvalue weighted by atomic mass is 19.2. The Labute approximate surface area is 94.2 Å². The molecule has 0 fully saturated rings. The van der Waals surface area contributed by atoms with Crippen molar-refractivity contribution >= 4 is 5.78 Å². The van der Waals surface area contributed by atoms with Gasteiger partial charge in [0.05, 0.1) is 12.7 Å². The number of hydrogen-bond donors (Lipinski definition) is 0. The maximum atomic E-state index is 13.2. The summed E-state index contributed by atoms with van der Waals surface area (Å²) in [5.41, 5.74) is -0.231. The van der Waals surface area contributed by atoms with Crippen LogP contribution >= 0.6 is 0 Å². The number of carbonyl (C=O) groups is 1. The standard InChI is InChI=1S/C10H10F2O2.C2H6/c1-3-7(13)6-4-5-8(14-2)10(12)9(6)11;1-2/h4-5H,3H2,1-2H3;1-2H3. The number of carbonyl (C=O) groups excluding carboxylic acids is 1. The Hall–Kier alpha value is -1.45. The van der Waals surface area contributed by atoms with E-state index in [1.54, 1.807) is 6.92 Å². The van der Waals surface area contributed by atoms with Gasteiger partial charge in [-0.2, -0.15) is 4.39 Å². The first-order chi connectivity index (χ1) is 7.61. The molecule has 0 radical (unpaired) electrons. The lowest BCUT2D eigenvalue weighted by molar-refractivity contribution is 0.0983. The Balaban J connectivity index is 0.00000106. The van der Waals surface area contributed by atoms with E-state index in [9.17, 15) is 13.6 Å². The molecule has 1 rings (SSSR count). The molecular weight excluding hydrogens is 214 g/mol. The summed E-state index contributed by atoms with van der Waals surface area (Å²) in [6.45, 7) is 5.59. The van der Waals surface area contributed by atoms with Crippen LogP contribution in [0.1, 0.15) is 37.6 Å². The van der Waals surface area contributed by atoms with Crippen LogP contribution in [-0.2, 0) is 0 Å². The number of halogens is 2. The molecule has 0 aromatic heterocycles. The third-order valence-corrected chi connectivity index (χ3v) is 1.89. The van der Waals surface area contributed by atoms with Crippen LogP contribution in [0.3, 0.4) is 0 Å². The molecule has 2 nitrogen and oxygen atoms in total. The summed E-state index contributed by atoms with van der Waals surface area (Å²) >= 11 is 0. The number of hydrogen-bond acceptors (Lipinski definition) is 2. The van der Waals surface area contributed by atoms with Crippen molar-refractivity contribution in [3.63, 3.8) is 0 Å². The zero-order chi connectivity index (χ0) is 12.7. The lowest BCUT2D eigenvalue weighted by Crippen LogP contribution is -2.04. The number of ether oxygens (including phenoxy) is 1. The molecule has 0 bridgehead atoms. The van der Waals surface area contributed by atoms with E-state index in [2.05, 4.69) is 4.74 Å². The van der Waals surface area contributed by atoms with Gasteiger partial charge in [0.1, 0.15) is 0 Å². The molecule has 0 aliphatic carbocycles. The first kappa shape index (κ1) is 14.5. The molecule has 16 heavy (non-hydrogen) atoms. The average Bonchev–Trinajstić information content (AvgIpc) is 2.34. The Morgan fingerprint density at radius 3 is 2.25 bits per heavy atom. The SMILES string of the molecule is CC.CCC(=O)c1ccc(OC)c(F)c1F. The summed E-state index contributed by atoms with van der Waals surface area (Å²) in [7, 11) is 1.24. The summed E-state index contributed by atoms with van der Waals surface area (Å²) in [6, 6.07) is 2.46. The molecule has 0 atom stereocenters. The number of Topliss-reactive ketones (excluding diaryl/α,β-unsaturated/α-hetero) is 1. The highest BCUT2D eigenvalue weighted by Gasteiger charge is 2.17. The zero-order valence-electron chi connectivity index (χ0n) is 9.93. The van der Waals surface area contributed by atoms with Crippen LogP contribution in [-0.4, -0.2) is 12.9 Å². The molecule has 0 saturated carbocycles. The maximum absolute atomic E-state index is 13.2. The topological polar surface area (TPSA) is 26.3 Å². The second-order valence-electron chi connectivity index (χ2n) is 2.72. The first-order valence-corrected chi connectivity index (χ1v) is 5.17. The van der Waals surface area contributed by atoms with Crippen LogP contribution in [0, 0.1) is 11.6 Å². The third kappa shape index (κ3) is 3.02. The van der Waals surface area contributed by atoms with Crippen LogP contribution < -0.4 is 4.74 Å². The number of methoxy groups -OCH3 is 1. The Kier molecular flexibility index (Phi) is 6.30. The van der Waals surface area contributed by atoms with Crippen LogP contribution in [0.4, 0.5) is 8.78 Å². The molecule has 0 spiro atoms. The van der Waals surface area contributed by atoms with Crippen molar-refractivity contribution in [2.45, 2.75) is 27.2 Å². The summed E-state index contributed by atoms with van der Waals surface area (Å²) in [5, 5.41) is 0. The van der Waals surface area contributed by atoms with E-state index in [1.165, 1.54) is 19.2 Å². The van der Waals surface area contributed by atoms with Crippen molar-refractivity contribution in [2.75, 3.05) is 7.11 Å². The van der Waals surface area contributed by atoms with Gasteiger partial charge in [-0.05, 0) is 12.1 Å². The predicted molar refractivity (Wildman–Crippen MR) is 58.9 cm³/mol. The summed E-state index contributed by atoms with van der Waals surface area (Å²) in [4.78, 5) is 11.1. The molecule has 0 aliphatic rings. The molecule has 0 N–H and O–H groups in total.